The highest BCUT2D eigenvalue weighted by Gasteiger charge is 2.47. The van der Waals surface area contributed by atoms with Gasteiger partial charge in [-0.15, -0.1) is 0 Å². The van der Waals surface area contributed by atoms with Crippen molar-refractivity contribution in [2.24, 2.45) is 0 Å². The number of likely N-dealkylation sites (N-methyl/N-ethyl adjacent to an activating group) is 1. The number of ether oxygens (including phenoxy) is 1. The standard InChI is InChI=1S/C46H55N7O9/c1-28-16-20-37-32(25-28)39(49-62-37)44(59)51-24-22-30-17-18-36(53(30)42(57)34(27-51)47-45(60)61-46(2,3)4)43(58)50(5)23-11-9-7-6-8-10-13-29-14-12-15-31-33(29)26-52(41(31)56)35-19-21-38(54)48-40(35)55/h12,14-16,20,25,30,34-36H,6-9,11,17-19,21-24,26-27H2,1-5H3,(H,47,60)(H,48,54,55)/t30-,34+,35?,36+/m1/s1. The zero-order chi connectivity index (χ0) is 44.3. The Morgan fingerprint density at radius 2 is 1.81 bits per heavy atom. The number of hydrogen-bond donors (Lipinski definition) is 2. The van der Waals surface area contributed by atoms with Crippen molar-refractivity contribution in [2.75, 3.05) is 26.7 Å². The van der Waals surface area contributed by atoms with Gasteiger partial charge in [-0.2, -0.15) is 0 Å². The summed E-state index contributed by atoms with van der Waals surface area (Å²) in [6, 6.07) is 8.00. The summed E-state index contributed by atoms with van der Waals surface area (Å²) in [5, 5.41) is 9.68. The van der Waals surface area contributed by atoms with Crippen LogP contribution in [0.3, 0.4) is 0 Å². The second kappa shape index (κ2) is 18.4. The van der Waals surface area contributed by atoms with Gasteiger partial charge < -0.3 is 34.2 Å². The van der Waals surface area contributed by atoms with Crippen LogP contribution in [0.15, 0.2) is 40.9 Å². The molecule has 328 valence electrons. The molecule has 3 saturated heterocycles. The van der Waals surface area contributed by atoms with Crippen molar-refractivity contribution in [3.05, 3.63) is 64.3 Å². The molecule has 0 aliphatic carbocycles. The third-order valence-electron chi connectivity index (χ3n) is 12.0. The third-order valence-corrected chi connectivity index (χ3v) is 12.0. The highest BCUT2D eigenvalue weighted by atomic mass is 16.6. The van der Waals surface area contributed by atoms with Crippen molar-refractivity contribution in [1.29, 1.82) is 0 Å². The summed E-state index contributed by atoms with van der Waals surface area (Å²) >= 11 is 0. The Balaban J connectivity index is 0.920. The van der Waals surface area contributed by atoms with E-state index in [-0.39, 0.29) is 55.5 Å². The summed E-state index contributed by atoms with van der Waals surface area (Å²) in [7, 11) is 1.75. The molecule has 2 aromatic carbocycles. The van der Waals surface area contributed by atoms with Gasteiger partial charge in [0.2, 0.25) is 23.6 Å². The Labute approximate surface area is 361 Å². The number of rotatable bonds is 10. The number of alkyl carbamates (subject to hydrolysis) is 1. The average molecular weight is 850 g/mol. The normalized spacial score (nSPS) is 21.4. The minimum absolute atomic E-state index is 0.133. The van der Waals surface area contributed by atoms with Crippen LogP contribution in [0.25, 0.3) is 11.0 Å². The van der Waals surface area contributed by atoms with Gasteiger partial charge in [0, 0.05) is 56.7 Å². The van der Waals surface area contributed by atoms with Crippen LogP contribution in [0.4, 0.5) is 4.79 Å². The fourth-order valence-corrected chi connectivity index (χ4v) is 8.86. The first kappa shape index (κ1) is 43.8. The highest BCUT2D eigenvalue weighted by molar-refractivity contribution is 6.06. The number of hydrogen-bond acceptors (Lipinski definition) is 10. The van der Waals surface area contributed by atoms with Crippen molar-refractivity contribution in [2.45, 2.75) is 128 Å². The highest BCUT2D eigenvalue weighted by Crippen LogP contribution is 2.32. The number of unbranched alkanes of at least 4 members (excludes halogenated alkanes) is 4. The van der Waals surface area contributed by atoms with Crippen molar-refractivity contribution >= 4 is 52.5 Å². The molecular weight excluding hydrogens is 795 g/mol. The number of carbonyl (C=O) groups is 7. The zero-order valence-electron chi connectivity index (χ0n) is 36.1. The second-order valence-corrected chi connectivity index (χ2v) is 17.7. The molecule has 3 aromatic rings. The lowest BCUT2D eigenvalue weighted by Crippen LogP contribution is -2.61. The van der Waals surface area contributed by atoms with Gasteiger partial charge in [-0.05, 0) is 96.0 Å². The van der Waals surface area contributed by atoms with Gasteiger partial charge in [-0.25, -0.2) is 4.79 Å². The lowest BCUT2D eigenvalue weighted by molar-refractivity contribution is -0.147. The Bertz CT molecular complexity index is 2340. The number of nitrogens with one attached hydrogen (secondary N) is 2. The maximum atomic E-state index is 14.4. The average Bonchev–Trinajstić information content (AvgIpc) is 3.93. The molecule has 2 N–H and O–H groups in total. The molecule has 0 radical (unpaired) electrons. The number of carbonyl (C=O) groups excluding carboxylic acids is 7. The molecule has 4 aliphatic rings. The summed E-state index contributed by atoms with van der Waals surface area (Å²) < 4.78 is 11.0. The van der Waals surface area contributed by atoms with Gasteiger partial charge in [-0.1, -0.05) is 47.5 Å². The summed E-state index contributed by atoms with van der Waals surface area (Å²) in [5.41, 5.74) is 2.80. The number of piperidine rings is 1. The summed E-state index contributed by atoms with van der Waals surface area (Å²) in [5.74, 6) is 4.44. The smallest absolute Gasteiger partial charge is 0.408 e. The van der Waals surface area contributed by atoms with E-state index in [0.717, 1.165) is 42.4 Å². The summed E-state index contributed by atoms with van der Waals surface area (Å²) in [6.45, 7) is 7.99. The molecule has 0 saturated carbocycles. The number of benzene rings is 2. The topological polar surface area (TPSA) is 192 Å². The quantitative estimate of drug-likeness (QED) is 0.167. The van der Waals surface area contributed by atoms with E-state index in [9.17, 15) is 33.6 Å². The van der Waals surface area contributed by atoms with Crippen LogP contribution >= 0.6 is 0 Å². The van der Waals surface area contributed by atoms with E-state index >= 15 is 0 Å². The number of aromatic nitrogens is 1. The van der Waals surface area contributed by atoms with Crippen LogP contribution in [0, 0.1) is 18.8 Å². The van der Waals surface area contributed by atoms with Crippen LogP contribution in [0.5, 0.6) is 0 Å². The molecule has 62 heavy (non-hydrogen) atoms. The maximum Gasteiger partial charge on any atom is 0.408 e. The first-order chi connectivity index (χ1) is 29.6. The number of imide groups is 1. The Hall–Kier alpha value is -6.24. The van der Waals surface area contributed by atoms with Gasteiger partial charge in [-0.3, -0.25) is 34.1 Å². The van der Waals surface area contributed by atoms with Crippen molar-refractivity contribution in [3.63, 3.8) is 0 Å². The molecule has 4 atom stereocenters. The molecule has 4 aliphatic heterocycles. The van der Waals surface area contributed by atoms with Crippen LogP contribution in [-0.2, 0) is 30.5 Å². The summed E-state index contributed by atoms with van der Waals surface area (Å²) in [4.78, 5) is 99.1. The molecule has 7 amide bonds. The lowest BCUT2D eigenvalue weighted by Gasteiger charge is -2.39. The third kappa shape index (κ3) is 9.61. The number of nitrogens with zero attached hydrogens (tertiary/aromatic N) is 5. The van der Waals surface area contributed by atoms with E-state index in [2.05, 4.69) is 27.6 Å². The monoisotopic (exact) mass is 849 g/mol. The zero-order valence-corrected chi connectivity index (χ0v) is 36.1. The number of amides is 7. The van der Waals surface area contributed by atoms with Crippen molar-refractivity contribution in [1.82, 2.24) is 35.4 Å². The van der Waals surface area contributed by atoms with E-state index in [1.165, 1.54) is 9.80 Å². The van der Waals surface area contributed by atoms with Crippen molar-refractivity contribution in [3.8, 4) is 11.8 Å². The fraction of sp³-hybridized carbons (Fsp3) is 0.522. The first-order valence-corrected chi connectivity index (χ1v) is 21.6. The molecule has 0 spiro atoms. The molecule has 1 aromatic heterocycles. The predicted octanol–water partition coefficient (Wildman–Crippen LogP) is 4.46. The predicted molar refractivity (Wildman–Crippen MR) is 226 cm³/mol. The van der Waals surface area contributed by atoms with E-state index < -0.39 is 47.5 Å². The van der Waals surface area contributed by atoms with Gasteiger partial charge in [0.15, 0.2) is 11.3 Å². The van der Waals surface area contributed by atoms with Crippen LogP contribution in [-0.4, -0.2) is 123 Å². The molecule has 5 heterocycles. The van der Waals surface area contributed by atoms with Gasteiger partial charge in [0.25, 0.3) is 11.8 Å². The number of aryl methyl sites for hydroxylation is 1. The van der Waals surface area contributed by atoms with Gasteiger partial charge in [0.1, 0.15) is 23.7 Å². The molecule has 3 fully saturated rings. The van der Waals surface area contributed by atoms with Gasteiger partial charge in [0.05, 0.1) is 11.9 Å². The van der Waals surface area contributed by atoms with E-state index in [1.807, 2.05) is 25.1 Å². The molecule has 0 bridgehead atoms. The Morgan fingerprint density at radius 1 is 1.02 bits per heavy atom. The molecular formula is C46H55N7O9. The summed E-state index contributed by atoms with van der Waals surface area (Å²) in [6.07, 6.45) is 5.24. The van der Waals surface area contributed by atoms with E-state index in [1.54, 1.807) is 55.8 Å². The van der Waals surface area contributed by atoms with E-state index in [4.69, 9.17) is 9.26 Å². The minimum Gasteiger partial charge on any atom is -0.444 e. The molecule has 16 heteroatoms. The van der Waals surface area contributed by atoms with E-state index in [0.29, 0.717) is 55.2 Å². The Morgan fingerprint density at radius 3 is 2.58 bits per heavy atom. The first-order valence-electron chi connectivity index (χ1n) is 21.6. The number of fused-ring (bicyclic) bond motifs is 3. The fourth-order valence-electron chi connectivity index (χ4n) is 8.86. The maximum absolute atomic E-state index is 14.4. The SMILES string of the molecule is Cc1ccc2onc(C(=O)N3CC[C@H]4CC[C@@H](C(=O)N(C)CCCCCCC#Cc5cccc6c5CN(C5CCC(=O)NC5=O)C6=O)N4C(=O)[C@@H](NC(=O)OC(C)(C)C)C3)c2c1. The van der Waals surface area contributed by atoms with Crippen LogP contribution in [0.1, 0.15) is 123 Å². The van der Waals surface area contributed by atoms with Crippen LogP contribution < -0.4 is 10.6 Å². The Kier molecular flexibility index (Phi) is 13.0. The largest absolute Gasteiger partial charge is 0.444 e. The lowest BCUT2D eigenvalue weighted by atomic mass is 10.0. The molecule has 1 unspecified atom stereocenters. The molecule has 7 rings (SSSR count). The van der Waals surface area contributed by atoms with Crippen LogP contribution in [0.2, 0.25) is 0 Å². The van der Waals surface area contributed by atoms with Gasteiger partial charge >= 0.3 is 6.09 Å². The van der Waals surface area contributed by atoms with Crippen molar-refractivity contribution < 1.29 is 42.8 Å². The second-order valence-electron chi connectivity index (χ2n) is 17.7. The molecule has 16 nitrogen and oxygen atoms in total. The minimum atomic E-state index is -1.17.